The van der Waals surface area contributed by atoms with E-state index in [-0.39, 0.29) is 4.90 Å². The van der Waals surface area contributed by atoms with Crippen molar-refractivity contribution in [3.8, 4) is 0 Å². The van der Waals surface area contributed by atoms with Crippen molar-refractivity contribution >= 4 is 32.5 Å². The summed E-state index contributed by atoms with van der Waals surface area (Å²) in [6.45, 7) is 0. The summed E-state index contributed by atoms with van der Waals surface area (Å²) in [6, 6.07) is 5.12. The lowest BCUT2D eigenvalue weighted by atomic mass is 10.3. The van der Waals surface area contributed by atoms with Crippen molar-refractivity contribution in [3.05, 3.63) is 58.4 Å². The molecule has 1 aromatic heterocycles. The van der Waals surface area contributed by atoms with Gasteiger partial charge in [0.1, 0.15) is 5.75 Å². The summed E-state index contributed by atoms with van der Waals surface area (Å²) in [4.78, 5) is 3.28. The molecule has 0 aliphatic rings. The van der Waals surface area contributed by atoms with E-state index in [1.165, 1.54) is 24.3 Å². The van der Waals surface area contributed by atoms with Crippen LogP contribution in [-0.4, -0.2) is 13.4 Å². The van der Waals surface area contributed by atoms with Crippen LogP contribution in [0, 0.1) is 23.3 Å². The van der Waals surface area contributed by atoms with Gasteiger partial charge in [0.25, 0.3) is 0 Å². The number of sulfone groups is 1. The zero-order valence-corrected chi connectivity index (χ0v) is 13.1. The van der Waals surface area contributed by atoms with E-state index in [0.29, 0.717) is 5.02 Å². The van der Waals surface area contributed by atoms with Gasteiger partial charge in [-0.15, -0.1) is 0 Å². The summed E-state index contributed by atoms with van der Waals surface area (Å²) in [5.74, 6) is -9.13. The third-order valence-electron chi connectivity index (χ3n) is 3.14. The van der Waals surface area contributed by atoms with Crippen molar-refractivity contribution in [2.24, 2.45) is 0 Å². The van der Waals surface area contributed by atoms with Crippen LogP contribution in [0.25, 0.3) is 11.1 Å². The van der Waals surface area contributed by atoms with E-state index in [1.54, 1.807) is 0 Å². The van der Waals surface area contributed by atoms with Gasteiger partial charge in [0, 0.05) is 5.02 Å². The maximum Gasteiger partial charge on any atom is 0.211 e. The highest BCUT2D eigenvalue weighted by molar-refractivity contribution is 7.90. The van der Waals surface area contributed by atoms with E-state index in [1.807, 2.05) is 0 Å². The van der Waals surface area contributed by atoms with E-state index in [2.05, 4.69) is 4.98 Å². The lowest BCUT2D eigenvalue weighted by molar-refractivity contribution is 0.409. The van der Waals surface area contributed by atoms with Gasteiger partial charge in [0.2, 0.25) is 17.5 Å². The minimum atomic E-state index is -3.97. The van der Waals surface area contributed by atoms with E-state index >= 15 is 0 Å². The van der Waals surface area contributed by atoms with Crippen molar-refractivity contribution in [3.63, 3.8) is 0 Å². The molecule has 0 aliphatic heterocycles. The normalized spacial score (nSPS) is 12.0. The summed E-state index contributed by atoms with van der Waals surface area (Å²) in [5, 5.41) is 0.311. The Hall–Kier alpha value is -2.13. The Morgan fingerprint density at radius 3 is 2.17 bits per heavy atom. The van der Waals surface area contributed by atoms with Crippen molar-refractivity contribution in [2.45, 2.75) is 10.6 Å². The molecular formula is C14H6ClF4NO3S. The van der Waals surface area contributed by atoms with Gasteiger partial charge < -0.3 is 4.42 Å². The number of hydrogen-bond acceptors (Lipinski definition) is 4. The van der Waals surface area contributed by atoms with Crippen molar-refractivity contribution in [1.29, 1.82) is 0 Å². The molecule has 0 saturated carbocycles. The molecule has 3 rings (SSSR count). The molecule has 10 heteroatoms. The average Bonchev–Trinajstić information content (AvgIpc) is 2.94. The maximum atomic E-state index is 13.6. The van der Waals surface area contributed by atoms with Gasteiger partial charge in [-0.05, 0) is 24.3 Å². The Kier molecular flexibility index (Phi) is 4.00. The molecular weight excluding hydrogens is 374 g/mol. The number of benzene rings is 2. The van der Waals surface area contributed by atoms with Crippen LogP contribution < -0.4 is 0 Å². The van der Waals surface area contributed by atoms with Crippen molar-refractivity contribution in [1.82, 2.24) is 4.98 Å². The van der Waals surface area contributed by atoms with E-state index in [0.717, 1.165) is 0 Å². The highest BCUT2D eigenvalue weighted by atomic mass is 35.5. The van der Waals surface area contributed by atoms with Crippen molar-refractivity contribution < 1.29 is 30.4 Å². The molecule has 4 nitrogen and oxygen atoms in total. The van der Waals surface area contributed by atoms with Crippen LogP contribution in [0.1, 0.15) is 5.89 Å². The number of halogens is 5. The van der Waals surface area contributed by atoms with Crippen LogP contribution in [0.4, 0.5) is 17.6 Å². The van der Waals surface area contributed by atoms with Crippen LogP contribution in [0.5, 0.6) is 0 Å². The number of nitrogens with zero attached hydrogens (tertiary/aromatic N) is 1. The second-order valence-corrected chi connectivity index (χ2v) is 7.18. The first-order chi connectivity index (χ1) is 11.2. The van der Waals surface area contributed by atoms with Gasteiger partial charge in [-0.25, -0.2) is 26.6 Å². The number of aromatic nitrogens is 1. The largest absolute Gasteiger partial charge is 0.436 e. The lowest BCUT2D eigenvalue weighted by Crippen LogP contribution is -2.05. The zero-order chi connectivity index (χ0) is 17.6. The topological polar surface area (TPSA) is 60.2 Å². The van der Waals surface area contributed by atoms with Gasteiger partial charge in [0.15, 0.2) is 32.6 Å². The Balaban J connectivity index is 2.06. The molecule has 2 aromatic carbocycles. The molecule has 1 heterocycles. The third kappa shape index (κ3) is 2.73. The Bertz CT molecular complexity index is 1000. The molecule has 0 aliphatic carbocycles. The van der Waals surface area contributed by atoms with E-state index in [4.69, 9.17) is 16.0 Å². The average molecular weight is 380 g/mol. The Labute approximate surface area is 137 Å². The van der Waals surface area contributed by atoms with Crippen LogP contribution in [-0.2, 0) is 15.6 Å². The van der Waals surface area contributed by atoms with Crippen LogP contribution in [0.3, 0.4) is 0 Å². The molecule has 0 amide bonds. The molecule has 0 atom stereocenters. The maximum absolute atomic E-state index is 13.6. The van der Waals surface area contributed by atoms with Gasteiger partial charge >= 0.3 is 0 Å². The fourth-order valence-electron chi connectivity index (χ4n) is 2.01. The van der Waals surface area contributed by atoms with Crippen LogP contribution in [0.2, 0.25) is 5.02 Å². The van der Waals surface area contributed by atoms with Crippen LogP contribution in [0.15, 0.2) is 33.6 Å². The van der Waals surface area contributed by atoms with Crippen LogP contribution >= 0.6 is 11.6 Å². The van der Waals surface area contributed by atoms with E-state index in [9.17, 15) is 26.0 Å². The number of oxazole rings is 1. The highest BCUT2D eigenvalue weighted by Gasteiger charge is 2.27. The third-order valence-corrected chi connectivity index (χ3v) is 5.01. The molecule has 0 spiro atoms. The first-order valence-corrected chi connectivity index (χ1v) is 8.33. The molecule has 0 bridgehead atoms. The molecule has 126 valence electrons. The number of rotatable bonds is 3. The SMILES string of the molecule is O=S(=O)(Cc1nc2c(F)c(F)c(F)c(F)c2o1)c1ccc(Cl)cc1. The molecule has 3 aromatic rings. The summed E-state index contributed by atoms with van der Waals surface area (Å²) in [6.07, 6.45) is 0. The molecule has 24 heavy (non-hydrogen) atoms. The van der Waals surface area contributed by atoms with E-state index < -0.39 is 55.8 Å². The standard InChI is InChI=1S/C14H6ClF4NO3S/c15-6-1-3-7(4-2-6)24(21,22)5-8-20-13-11(18)9(16)10(17)12(19)14(13)23-8/h1-4H,5H2. The molecule has 0 radical (unpaired) electrons. The predicted molar refractivity (Wildman–Crippen MR) is 76.2 cm³/mol. The molecule has 0 fully saturated rings. The number of hydrogen-bond donors (Lipinski definition) is 0. The summed E-state index contributed by atoms with van der Waals surface area (Å²) < 4.78 is 82.7. The number of fused-ring (bicyclic) bond motifs is 1. The summed E-state index contributed by atoms with van der Waals surface area (Å²) in [5.41, 5.74) is -1.92. The summed E-state index contributed by atoms with van der Waals surface area (Å²) in [7, 11) is -3.97. The summed E-state index contributed by atoms with van der Waals surface area (Å²) >= 11 is 5.66. The molecule has 0 unspecified atom stereocenters. The quantitative estimate of drug-likeness (QED) is 0.392. The molecule has 0 N–H and O–H groups in total. The minimum Gasteiger partial charge on any atom is -0.436 e. The Morgan fingerprint density at radius 2 is 1.54 bits per heavy atom. The van der Waals surface area contributed by atoms with Gasteiger partial charge in [0.05, 0.1) is 4.90 Å². The first kappa shape index (κ1) is 16.7. The minimum absolute atomic E-state index is 0.132. The monoisotopic (exact) mass is 379 g/mol. The fourth-order valence-corrected chi connectivity index (χ4v) is 3.30. The molecule has 0 saturated heterocycles. The fraction of sp³-hybridized carbons (Fsp3) is 0.0714. The zero-order valence-electron chi connectivity index (χ0n) is 11.5. The lowest BCUT2D eigenvalue weighted by Gasteiger charge is -2.01. The first-order valence-electron chi connectivity index (χ1n) is 6.30. The predicted octanol–water partition coefficient (Wildman–Crippen LogP) is 4.01. The van der Waals surface area contributed by atoms with Crippen molar-refractivity contribution in [2.75, 3.05) is 0 Å². The smallest absolute Gasteiger partial charge is 0.211 e. The van der Waals surface area contributed by atoms with Gasteiger partial charge in [-0.2, -0.15) is 4.39 Å². The van der Waals surface area contributed by atoms with Gasteiger partial charge in [-0.3, -0.25) is 0 Å². The second kappa shape index (κ2) is 5.75. The second-order valence-electron chi connectivity index (χ2n) is 4.75. The Morgan fingerprint density at radius 1 is 0.958 bits per heavy atom. The van der Waals surface area contributed by atoms with Gasteiger partial charge in [-0.1, -0.05) is 11.6 Å². The highest BCUT2D eigenvalue weighted by Crippen LogP contribution is 2.28.